The highest BCUT2D eigenvalue weighted by atomic mass is 16.5. The van der Waals surface area contributed by atoms with Crippen LogP contribution in [-0.2, 0) is 6.42 Å². The minimum absolute atomic E-state index is 0.885. The summed E-state index contributed by atoms with van der Waals surface area (Å²) >= 11 is 0. The highest BCUT2D eigenvalue weighted by Crippen LogP contribution is 2.24. The molecule has 0 radical (unpaired) electrons. The summed E-state index contributed by atoms with van der Waals surface area (Å²) in [5.74, 6) is 1.10. The third-order valence-electron chi connectivity index (χ3n) is 2.31. The number of benzene rings is 1. The first kappa shape index (κ1) is 11.1. The van der Waals surface area contributed by atoms with Crippen LogP contribution in [0, 0.1) is 6.92 Å². The Morgan fingerprint density at radius 2 is 1.93 bits per heavy atom. The standard InChI is InChI=1S/C11H14O.C2H6/c1-9-5-6-11-10(8-9)4-2-3-7-12-11;1-2/h5-6,8H,2-4,7H2,1H3;1-2H3. The number of rotatable bonds is 0. The molecule has 0 saturated heterocycles. The fourth-order valence-corrected chi connectivity index (χ4v) is 1.64. The molecular formula is C13H20O. The van der Waals surface area contributed by atoms with Crippen LogP contribution in [-0.4, -0.2) is 6.61 Å². The average molecular weight is 192 g/mol. The van der Waals surface area contributed by atoms with Crippen molar-refractivity contribution in [2.45, 2.75) is 40.0 Å². The molecule has 1 heterocycles. The van der Waals surface area contributed by atoms with E-state index in [0.29, 0.717) is 0 Å². The van der Waals surface area contributed by atoms with Crippen LogP contribution in [0.4, 0.5) is 0 Å². The van der Waals surface area contributed by atoms with Crippen molar-refractivity contribution in [3.63, 3.8) is 0 Å². The minimum Gasteiger partial charge on any atom is -0.493 e. The van der Waals surface area contributed by atoms with Gasteiger partial charge >= 0.3 is 0 Å². The van der Waals surface area contributed by atoms with Crippen LogP contribution in [0.15, 0.2) is 18.2 Å². The predicted molar refractivity (Wildman–Crippen MR) is 61.0 cm³/mol. The third-order valence-corrected chi connectivity index (χ3v) is 2.31. The van der Waals surface area contributed by atoms with Crippen LogP contribution in [0.25, 0.3) is 0 Å². The van der Waals surface area contributed by atoms with Crippen LogP contribution in [0.1, 0.15) is 37.8 Å². The quantitative estimate of drug-likeness (QED) is 0.608. The lowest BCUT2D eigenvalue weighted by atomic mass is 10.1. The van der Waals surface area contributed by atoms with Crippen LogP contribution >= 0.6 is 0 Å². The minimum atomic E-state index is 0.885. The molecule has 0 unspecified atom stereocenters. The third kappa shape index (κ3) is 2.76. The highest BCUT2D eigenvalue weighted by molar-refractivity contribution is 5.37. The number of hydrogen-bond donors (Lipinski definition) is 0. The molecule has 2 rings (SSSR count). The Morgan fingerprint density at radius 3 is 2.71 bits per heavy atom. The molecule has 1 aliphatic heterocycles. The molecule has 0 bridgehead atoms. The van der Waals surface area contributed by atoms with Crippen LogP contribution < -0.4 is 4.74 Å². The second-order valence-electron chi connectivity index (χ2n) is 3.42. The van der Waals surface area contributed by atoms with Crippen molar-refractivity contribution in [3.8, 4) is 5.75 Å². The van der Waals surface area contributed by atoms with Crippen molar-refractivity contribution in [1.29, 1.82) is 0 Å². The van der Waals surface area contributed by atoms with E-state index in [4.69, 9.17) is 4.74 Å². The van der Waals surface area contributed by atoms with Crippen molar-refractivity contribution < 1.29 is 4.74 Å². The Morgan fingerprint density at radius 1 is 1.14 bits per heavy atom. The smallest absolute Gasteiger partial charge is 0.122 e. The maximum Gasteiger partial charge on any atom is 0.122 e. The molecule has 0 fully saturated rings. The van der Waals surface area contributed by atoms with E-state index in [9.17, 15) is 0 Å². The zero-order valence-electron chi connectivity index (χ0n) is 9.47. The van der Waals surface area contributed by atoms with E-state index in [-0.39, 0.29) is 0 Å². The van der Waals surface area contributed by atoms with Crippen molar-refractivity contribution in [1.82, 2.24) is 0 Å². The zero-order valence-corrected chi connectivity index (χ0v) is 9.47. The fourth-order valence-electron chi connectivity index (χ4n) is 1.64. The lowest BCUT2D eigenvalue weighted by Gasteiger charge is -2.06. The van der Waals surface area contributed by atoms with Crippen molar-refractivity contribution in [2.75, 3.05) is 6.61 Å². The molecule has 0 amide bonds. The van der Waals surface area contributed by atoms with Gasteiger partial charge in [-0.1, -0.05) is 31.5 Å². The van der Waals surface area contributed by atoms with E-state index >= 15 is 0 Å². The van der Waals surface area contributed by atoms with Gasteiger partial charge in [-0.05, 0) is 37.8 Å². The van der Waals surface area contributed by atoms with Gasteiger partial charge in [-0.15, -0.1) is 0 Å². The number of aryl methyl sites for hydroxylation is 2. The van der Waals surface area contributed by atoms with Gasteiger partial charge in [-0.3, -0.25) is 0 Å². The predicted octanol–water partition coefficient (Wildman–Crippen LogP) is 3.74. The Labute approximate surface area is 87.1 Å². The molecule has 1 nitrogen and oxygen atoms in total. The van der Waals surface area contributed by atoms with Crippen molar-refractivity contribution >= 4 is 0 Å². The monoisotopic (exact) mass is 192 g/mol. The first-order chi connectivity index (χ1) is 6.86. The average Bonchev–Trinajstić information content (AvgIpc) is 2.45. The second-order valence-corrected chi connectivity index (χ2v) is 3.42. The number of ether oxygens (including phenoxy) is 1. The number of hydrogen-bond acceptors (Lipinski definition) is 1. The molecule has 0 spiro atoms. The van der Waals surface area contributed by atoms with Crippen LogP contribution in [0.5, 0.6) is 5.75 Å². The topological polar surface area (TPSA) is 9.23 Å². The van der Waals surface area contributed by atoms with Gasteiger partial charge in [-0.25, -0.2) is 0 Å². The molecule has 0 saturated carbocycles. The SMILES string of the molecule is CC.Cc1ccc2c(c1)CCCCO2. The fraction of sp³-hybridized carbons (Fsp3) is 0.538. The molecule has 0 aromatic heterocycles. The normalized spacial score (nSPS) is 14.2. The summed E-state index contributed by atoms with van der Waals surface area (Å²) in [4.78, 5) is 0. The lowest BCUT2D eigenvalue weighted by molar-refractivity contribution is 0.317. The van der Waals surface area contributed by atoms with Crippen molar-refractivity contribution in [3.05, 3.63) is 29.3 Å². The molecule has 14 heavy (non-hydrogen) atoms. The van der Waals surface area contributed by atoms with E-state index in [1.54, 1.807) is 0 Å². The van der Waals surface area contributed by atoms with Gasteiger partial charge in [0.25, 0.3) is 0 Å². The lowest BCUT2D eigenvalue weighted by Crippen LogP contribution is -1.94. The molecule has 1 aliphatic rings. The van der Waals surface area contributed by atoms with Gasteiger partial charge in [0.1, 0.15) is 5.75 Å². The van der Waals surface area contributed by atoms with Gasteiger partial charge in [0.2, 0.25) is 0 Å². The van der Waals surface area contributed by atoms with Gasteiger partial charge in [0.15, 0.2) is 0 Å². The molecule has 1 heteroatoms. The molecule has 0 aliphatic carbocycles. The van der Waals surface area contributed by atoms with Crippen LogP contribution in [0.2, 0.25) is 0 Å². The first-order valence-electron chi connectivity index (χ1n) is 5.58. The van der Waals surface area contributed by atoms with E-state index in [1.807, 2.05) is 13.8 Å². The summed E-state index contributed by atoms with van der Waals surface area (Å²) in [6.07, 6.45) is 3.63. The van der Waals surface area contributed by atoms with Crippen molar-refractivity contribution in [2.24, 2.45) is 0 Å². The summed E-state index contributed by atoms with van der Waals surface area (Å²) in [6.45, 7) is 7.02. The maximum absolute atomic E-state index is 5.60. The van der Waals surface area contributed by atoms with Gasteiger partial charge in [0, 0.05) is 0 Å². The Kier molecular flexibility index (Phi) is 4.51. The largest absolute Gasteiger partial charge is 0.493 e. The summed E-state index contributed by atoms with van der Waals surface area (Å²) in [7, 11) is 0. The van der Waals surface area contributed by atoms with Crippen LogP contribution in [0.3, 0.4) is 0 Å². The second kappa shape index (κ2) is 5.69. The van der Waals surface area contributed by atoms with E-state index < -0.39 is 0 Å². The summed E-state index contributed by atoms with van der Waals surface area (Å²) < 4.78 is 5.60. The molecule has 0 atom stereocenters. The Bertz CT molecular complexity index is 279. The molecule has 1 aromatic carbocycles. The van der Waals surface area contributed by atoms with Gasteiger partial charge < -0.3 is 4.74 Å². The first-order valence-corrected chi connectivity index (χ1v) is 5.58. The van der Waals surface area contributed by atoms with E-state index in [0.717, 1.165) is 12.4 Å². The Balaban J connectivity index is 0.000000461. The Hall–Kier alpha value is -0.980. The maximum atomic E-state index is 5.60. The molecular weight excluding hydrogens is 172 g/mol. The highest BCUT2D eigenvalue weighted by Gasteiger charge is 2.07. The van der Waals surface area contributed by atoms with E-state index in [2.05, 4.69) is 25.1 Å². The molecule has 0 N–H and O–H groups in total. The summed E-state index contributed by atoms with van der Waals surface area (Å²) in [5, 5.41) is 0. The van der Waals surface area contributed by atoms with Gasteiger partial charge in [0.05, 0.1) is 6.61 Å². The molecule has 78 valence electrons. The van der Waals surface area contributed by atoms with Gasteiger partial charge in [-0.2, -0.15) is 0 Å². The molecule has 1 aromatic rings. The summed E-state index contributed by atoms with van der Waals surface area (Å²) in [6, 6.07) is 6.45. The summed E-state index contributed by atoms with van der Waals surface area (Å²) in [5.41, 5.74) is 2.71. The number of fused-ring (bicyclic) bond motifs is 1. The van der Waals surface area contributed by atoms with E-state index in [1.165, 1.54) is 30.4 Å². The zero-order chi connectivity index (χ0) is 10.4.